The summed E-state index contributed by atoms with van der Waals surface area (Å²) in [6.45, 7) is 15.0. The Hall–Kier alpha value is -4.90. The maximum atomic E-state index is 14.6. The van der Waals surface area contributed by atoms with Gasteiger partial charge in [-0.2, -0.15) is 0 Å². The minimum atomic E-state index is -1.03. The normalized spacial score (nSPS) is 23.8. The number of aromatic nitrogens is 3. The van der Waals surface area contributed by atoms with Crippen molar-refractivity contribution < 1.29 is 28.7 Å². The Bertz CT molecular complexity index is 2360. The SMILES string of the molecule is CCn1c(-c2cccnc2[C@H](C)OC)c2c3cc(ccc31)-c1csc(n1)C[C@H](NC(=O)[C@H](C(C)C)N(C)C(=O)N1C3CC1CN(C)C3)C(=O)N1CCC[C@H](N1)C(=O)OCC(C)(C)C2. The Kier molecular flexibility index (Phi) is 12.7. The minimum Gasteiger partial charge on any atom is -0.464 e. The molecule has 0 saturated carbocycles. The number of pyridine rings is 1. The van der Waals surface area contributed by atoms with Gasteiger partial charge in [-0.05, 0) is 82.3 Å². The molecule has 3 fully saturated rings. The minimum absolute atomic E-state index is 0.118. The van der Waals surface area contributed by atoms with Gasteiger partial charge in [0.15, 0.2) is 0 Å². The largest absolute Gasteiger partial charge is 0.464 e. The van der Waals surface area contributed by atoms with Crippen molar-refractivity contribution >= 4 is 46.1 Å². The van der Waals surface area contributed by atoms with Crippen molar-refractivity contribution in [1.82, 2.24) is 45.0 Å². The number of likely N-dealkylation sites (N-methyl/N-ethyl adjacent to an activating group) is 2. The zero-order valence-electron chi connectivity index (χ0n) is 38.1. The van der Waals surface area contributed by atoms with Crippen molar-refractivity contribution in [3.8, 4) is 22.5 Å². The number of likely N-dealkylation sites (tertiary alicyclic amines) is 2. The molecule has 6 atom stereocenters. The predicted molar refractivity (Wildman–Crippen MR) is 243 cm³/mol. The molecule has 3 aromatic heterocycles. The molecule has 0 spiro atoms. The van der Waals surface area contributed by atoms with Gasteiger partial charge in [-0.15, -0.1) is 11.3 Å². The van der Waals surface area contributed by atoms with Crippen molar-refractivity contribution in [3.63, 3.8) is 0 Å². The third kappa shape index (κ3) is 8.71. The van der Waals surface area contributed by atoms with Gasteiger partial charge in [0.1, 0.15) is 18.1 Å². The lowest BCUT2D eigenvalue weighted by molar-refractivity contribution is -0.155. The number of hydrogen-bond donors (Lipinski definition) is 2. The molecular formula is C47H63N9O6S. The lowest BCUT2D eigenvalue weighted by Crippen LogP contribution is -2.72. The van der Waals surface area contributed by atoms with Crippen molar-refractivity contribution in [2.75, 3.05) is 47.4 Å². The highest BCUT2D eigenvalue weighted by Gasteiger charge is 2.49. The van der Waals surface area contributed by atoms with Gasteiger partial charge in [0, 0.05) is 97.9 Å². The number of nitrogens with zero attached hydrogens (tertiary/aromatic N) is 7. The Balaban J connectivity index is 1.17. The van der Waals surface area contributed by atoms with Gasteiger partial charge in [-0.3, -0.25) is 24.4 Å². The second kappa shape index (κ2) is 17.9. The average Bonchev–Trinajstić information content (AvgIpc) is 3.85. The van der Waals surface area contributed by atoms with Crippen LogP contribution in [-0.4, -0.2) is 136 Å². The van der Waals surface area contributed by atoms with Crippen LogP contribution in [0.2, 0.25) is 0 Å². The molecule has 1 aromatic carbocycles. The standard InChI is InChI=1S/C47H63N9O6S/c1-10-54-38-16-15-29-19-33(38)34(42(54)32-13-11-17-48-40(32)28(4)61-9)22-47(5,6)26-62-45(59)35-14-12-18-55(51-35)44(58)36(21-39-49-37(29)25-63-39)50-43(57)41(27(2)3)53(8)46(60)56-30-20-31(56)24-52(7)23-30/h11,13,15-17,19,25,27-28,30-31,35-36,41,51H,10,12,14,18,20-24,26H2,1-9H3,(H,50,57)/t28-,30?,31?,35-,36-,41-/m0/s1. The molecule has 338 valence electrons. The molecule has 0 radical (unpaired) electrons. The fourth-order valence-electron chi connectivity index (χ4n) is 10.2. The first-order valence-electron chi connectivity index (χ1n) is 22.4. The Morgan fingerprint density at radius 1 is 1.14 bits per heavy atom. The highest BCUT2D eigenvalue weighted by molar-refractivity contribution is 7.10. The van der Waals surface area contributed by atoms with Crippen molar-refractivity contribution in [1.29, 1.82) is 0 Å². The summed E-state index contributed by atoms with van der Waals surface area (Å²) in [5.74, 6) is -1.47. The summed E-state index contributed by atoms with van der Waals surface area (Å²) < 4.78 is 14.3. The molecule has 8 rings (SSSR count). The van der Waals surface area contributed by atoms with Crippen molar-refractivity contribution in [2.24, 2.45) is 11.3 Å². The van der Waals surface area contributed by atoms with E-state index in [2.05, 4.69) is 72.3 Å². The molecular weight excluding hydrogens is 819 g/mol. The van der Waals surface area contributed by atoms with Crippen LogP contribution < -0.4 is 10.7 Å². The Morgan fingerprint density at radius 2 is 1.90 bits per heavy atom. The van der Waals surface area contributed by atoms with Gasteiger partial charge in [0.2, 0.25) is 5.91 Å². The van der Waals surface area contributed by atoms with Crippen LogP contribution in [0.5, 0.6) is 0 Å². The number of aryl methyl sites for hydroxylation is 1. The number of carbonyl (C=O) groups excluding carboxylic acids is 4. The number of nitrogens with one attached hydrogen (secondary N) is 2. The fraction of sp³-hybridized carbons (Fsp3) is 0.574. The molecule has 4 aliphatic heterocycles. The smallest absolute Gasteiger partial charge is 0.324 e. The number of thiazole rings is 1. The molecule has 2 N–H and O–H groups in total. The molecule has 0 aliphatic carbocycles. The zero-order valence-corrected chi connectivity index (χ0v) is 39.0. The van der Waals surface area contributed by atoms with Crippen LogP contribution in [0.4, 0.5) is 4.79 Å². The van der Waals surface area contributed by atoms with E-state index in [0.29, 0.717) is 37.4 Å². The van der Waals surface area contributed by atoms with E-state index in [4.69, 9.17) is 19.4 Å². The maximum absolute atomic E-state index is 14.6. The number of rotatable bonds is 8. The highest BCUT2D eigenvalue weighted by atomic mass is 32.1. The van der Waals surface area contributed by atoms with E-state index in [-0.39, 0.29) is 49.1 Å². The van der Waals surface area contributed by atoms with E-state index in [1.165, 1.54) is 16.3 Å². The van der Waals surface area contributed by atoms with Gasteiger partial charge >= 0.3 is 12.0 Å². The number of carbonyl (C=O) groups is 4. The average molecular weight is 882 g/mol. The number of piperazine rings is 1. The van der Waals surface area contributed by atoms with E-state index in [9.17, 15) is 19.2 Å². The number of ether oxygens (including phenoxy) is 2. The summed E-state index contributed by atoms with van der Waals surface area (Å²) in [5.41, 5.74) is 9.43. The highest BCUT2D eigenvalue weighted by Crippen LogP contribution is 2.42. The molecule has 8 bridgehead atoms. The summed E-state index contributed by atoms with van der Waals surface area (Å²) in [7, 11) is 5.44. The summed E-state index contributed by atoms with van der Waals surface area (Å²) in [4.78, 5) is 72.5. The van der Waals surface area contributed by atoms with E-state index in [0.717, 1.165) is 64.2 Å². The van der Waals surface area contributed by atoms with Gasteiger partial charge in [0.25, 0.3) is 5.91 Å². The first kappa shape index (κ1) is 44.7. The number of benzene rings is 1. The maximum Gasteiger partial charge on any atom is 0.324 e. The fourth-order valence-corrected chi connectivity index (χ4v) is 11.0. The first-order valence-corrected chi connectivity index (χ1v) is 23.3. The van der Waals surface area contributed by atoms with Gasteiger partial charge < -0.3 is 34.1 Å². The number of piperidine rings is 1. The lowest BCUT2D eigenvalue weighted by Gasteiger charge is -2.56. The molecule has 2 unspecified atom stereocenters. The molecule has 16 heteroatoms. The summed E-state index contributed by atoms with van der Waals surface area (Å²) in [6, 6.07) is 7.94. The second-order valence-corrected chi connectivity index (χ2v) is 20.0. The molecule has 3 saturated heterocycles. The van der Waals surface area contributed by atoms with E-state index in [1.807, 2.05) is 37.1 Å². The quantitative estimate of drug-likeness (QED) is 0.212. The van der Waals surface area contributed by atoms with Gasteiger partial charge in [-0.1, -0.05) is 33.8 Å². The third-order valence-corrected chi connectivity index (χ3v) is 14.2. The topological polar surface area (TPSA) is 154 Å². The van der Waals surface area contributed by atoms with E-state index in [1.54, 1.807) is 25.3 Å². The number of hydrazine groups is 1. The van der Waals surface area contributed by atoms with Crippen molar-refractivity contribution in [3.05, 3.63) is 58.2 Å². The first-order chi connectivity index (χ1) is 30.1. The second-order valence-electron chi connectivity index (χ2n) is 19.0. The van der Waals surface area contributed by atoms with Crippen LogP contribution in [-0.2, 0) is 43.2 Å². The van der Waals surface area contributed by atoms with E-state index >= 15 is 0 Å². The van der Waals surface area contributed by atoms with Gasteiger partial charge in [-0.25, -0.2) is 15.2 Å². The number of cyclic esters (lactones) is 1. The molecule has 15 nitrogen and oxygen atoms in total. The Labute approximate surface area is 374 Å². The number of methoxy groups -OCH3 is 1. The number of amides is 4. The van der Waals surface area contributed by atoms with Gasteiger partial charge in [0.05, 0.1) is 34.8 Å². The number of hydrogen-bond acceptors (Lipinski definition) is 11. The number of fused-ring (bicyclic) bond motifs is 8. The van der Waals surface area contributed by atoms with Crippen LogP contribution >= 0.6 is 11.3 Å². The predicted octanol–water partition coefficient (Wildman–Crippen LogP) is 5.67. The molecule has 4 aromatic rings. The number of urea groups is 1. The number of esters is 1. The van der Waals surface area contributed by atoms with Crippen LogP contribution in [0.15, 0.2) is 41.9 Å². The summed E-state index contributed by atoms with van der Waals surface area (Å²) >= 11 is 1.44. The van der Waals surface area contributed by atoms with E-state index < -0.39 is 35.4 Å². The van der Waals surface area contributed by atoms with Crippen LogP contribution in [0, 0.1) is 11.3 Å². The Morgan fingerprint density at radius 3 is 2.62 bits per heavy atom. The zero-order chi connectivity index (χ0) is 44.9. The van der Waals surface area contributed by atoms with Crippen LogP contribution in [0.3, 0.4) is 0 Å². The third-order valence-electron chi connectivity index (χ3n) is 13.4. The summed E-state index contributed by atoms with van der Waals surface area (Å²) in [5, 5.41) is 8.26. The molecule has 7 heterocycles. The molecule has 4 amide bonds. The molecule has 4 aliphatic rings. The monoisotopic (exact) mass is 881 g/mol. The van der Waals surface area contributed by atoms with Crippen LogP contribution in [0.25, 0.3) is 33.4 Å². The molecule has 63 heavy (non-hydrogen) atoms. The lowest BCUT2D eigenvalue weighted by atomic mass is 9.84. The van der Waals surface area contributed by atoms with Crippen LogP contribution in [0.1, 0.15) is 83.2 Å². The van der Waals surface area contributed by atoms with Crippen molar-refractivity contribution in [2.45, 2.75) is 117 Å². The summed E-state index contributed by atoms with van der Waals surface area (Å²) in [6.07, 6.45) is 4.29.